The van der Waals surface area contributed by atoms with Gasteiger partial charge in [-0.1, -0.05) is 23.7 Å². The molecule has 0 saturated carbocycles. The molecule has 2 heterocycles. The van der Waals surface area contributed by atoms with Crippen molar-refractivity contribution in [1.29, 1.82) is 0 Å². The van der Waals surface area contributed by atoms with Gasteiger partial charge in [0.05, 0.1) is 29.4 Å². The van der Waals surface area contributed by atoms with E-state index in [2.05, 4.69) is 20.3 Å². The molecular formula is C19H17Cl2F3N4O2. The molecular weight excluding hydrogens is 444 g/mol. The number of benzene rings is 1. The molecule has 2 N–H and O–H groups in total. The van der Waals surface area contributed by atoms with Crippen molar-refractivity contribution in [2.75, 3.05) is 11.9 Å². The number of ether oxygens (including phenoxy) is 1. The number of aromatic nitrogens is 3. The van der Waals surface area contributed by atoms with Gasteiger partial charge in [-0.25, -0.2) is 15.0 Å². The summed E-state index contributed by atoms with van der Waals surface area (Å²) < 4.78 is 45.9. The molecule has 2 aromatic heterocycles. The molecule has 11 heteroatoms. The predicted molar refractivity (Wildman–Crippen MR) is 108 cm³/mol. The maximum atomic E-state index is 13.5. The minimum Gasteiger partial charge on any atom is -0.490 e. The van der Waals surface area contributed by atoms with Crippen LogP contribution in [0.3, 0.4) is 0 Å². The Hall–Kier alpha value is -2.36. The summed E-state index contributed by atoms with van der Waals surface area (Å²) in [7, 11) is 0. The Morgan fingerprint density at radius 2 is 1.93 bits per heavy atom. The van der Waals surface area contributed by atoms with E-state index in [-0.39, 0.29) is 34.2 Å². The van der Waals surface area contributed by atoms with Crippen LogP contribution in [0, 0.1) is 0 Å². The van der Waals surface area contributed by atoms with Gasteiger partial charge in [-0.15, -0.1) is 0 Å². The van der Waals surface area contributed by atoms with E-state index >= 15 is 0 Å². The SMILES string of the molecule is CC(O)COc1c([C@@H](C)Nc2nc(Cl)nc3cnc(Cl)cc23)cccc1C(F)(F)F. The molecule has 0 amide bonds. The Morgan fingerprint density at radius 1 is 1.20 bits per heavy atom. The molecule has 0 fully saturated rings. The maximum Gasteiger partial charge on any atom is 0.419 e. The molecule has 0 aliphatic heterocycles. The van der Waals surface area contributed by atoms with Crippen molar-refractivity contribution in [3.8, 4) is 5.75 Å². The van der Waals surface area contributed by atoms with E-state index < -0.39 is 23.9 Å². The van der Waals surface area contributed by atoms with Gasteiger partial charge >= 0.3 is 6.18 Å². The van der Waals surface area contributed by atoms with Crippen LogP contribution in [0.4, 0.5) is 19.0 Å². The minimum atomic E-state index is -4.63. The van der Waals surface area contributed by atoms with Crippen LogP contribution < -0.4 is 10.1 Å². The number of hydrogen-bond donors (Lipinski definition) is 2. The molecule has 0 aliphatic carbocycles. The molecule has 2 atom stereocenters. The predicted octanol–water partition coefficient (Wildman–Crippen LogP) is 5.28. The molecule has 0 aliphatic rings. The summed E-state index contributed by atoms with van der Waals surface area (Å²) in [6.45, 7) is 2.77. The first-order chi connectivity index (χ1) is 14.1. The molecule has 1 aromatic carbocycles. The van der Waals surface area contributed by atoms with E-state index in [4.69, 9.17) is 27.9 Å². The van der Waals surface area contributed by atoms with Crippen LogP contribution in [0.15, 0.2) is 30.5 Å². The van der Waals surface area contributed by atoms with E-state index in [9.17, 15) is 18.3 Å². The van der Waals surface area contributed by atoms with Crippen LogP contribution >= 0.6 is 23.2 Å². The minimum absolute atomic E-state index is 0.0593. The zero-order chi connectivity index (χ0) is 22.1. The maximum absolute atomic E-state index is 13.5. The summed E-state index contributed by atoms with van der Waals surface area (Å²) in [5.41, 5.74) is -0.288. The van der Waals surface area contributed by atoms with Crippen molar-refractivity contribution < 1.29 is 23.0 Å². The van der Waals surface area contributed by atoms with Gasteiger partial charge in [-0.05, 0) is 37.6 Å². The number of nitrogens with one attached hydrogen (secondary N) is 1. The molecule has 3 aromatic rings. The van der Waals surface area contributed by atoms with Gasteiger partial charge in [-0.2, -0.15) is 13.2 Å². The molecule has 0 bridgehead atoms. The van der Waals surface area contributed by atoms with Gasteiger partial charge in [-0.3, -0.25) is 0 Å². The summed E-state index contributed by atoms with van der Waals surface area (Å²) in [4.78, 5) is 12.1. The van der Waals surface area contributed by atoms with Crippen molar-refractivity contribution in [2.24, 2.45) is 0 Å². The van der Waals surface area contributed by atoms with Gasteiger partial charge in [0.15, 0.2) is 0 Å². The number of rotatable bonds is 6. The van der Waals surface area contributed by atoms with E-state index in [1.807, 2.05) is 0 Å². The van der Waals surface area contributed by atoms with Crippen LogP contribution in [0.25, 0.3) is 10.9 Å². The third kappa shape index (κ3) is 5.03. The van der Waals surface area contributed by atoms with Crippen molar-refractivity contribution in [1.82, 2.24) is 15.0 Å². The normalized spacial score (nSPS) is 13.9. The standard InChI is InChI=1S/C19H17Cl2F3N4O2/c1-9(29)8-30-16-11(4-3-5-13(16)19(22,23)24)10(2)26-17-12-6-15(20)25-7-14(12)27-18(21)28-17/h3-7,9-10,29H,8H2,1-2H3,(H,26,27,28)/t9?,10-/m1/s1. The van der Waals surface area contributed by atoms with Crippen molar-refractivity contribution in [2.45, 2.75) is 32.2 Å². The van der Waals surface area contributed by atoms with Crippen LogP contribution in [-0.2, 0) is 6.18 Å². The highest BCUT2D eigenvalue weighted by Gasteiger charge is 2.36. The Kier molecular flexibility index (Phi) is 6.54. The van der Waals surface area contributed by atoms with E-state index in [0.717, 1.165) is 6.07 Å². The number of nitrogens with zero attached hydrogens (tertiary/aromatic N) is 3. The average molecular weight is 461 g/mol. The lowest BCUT2D eigenvalue weighted by Crippen LogP contribution is -2.19. The van der Waals surface area contributed by atoms with Crippen LogP contribution in [0.1, 0.15) is 31.0 Å². The van der Waals surface area contributed by atoms with E-state index in [1.165, 1.54) is 31.3 Å². The number of pyridine rings is 1. The Balaban J connectivity index is 2.04. The number of anilines is 1. The lowest BCUT2D eigenvalue weighted by Gasteiger charge is -2.23. The number of alkyl halides is 3. The van der Waals surface area contributed by atoms with Crippen molar-refractivity contribution in [3.05, 3.63) is 52.0 Å². The number of hydrogen-bond acceptors (Lipinski definition) is 6. The molecule has 0 spiro atoms. The third-order valence-corrected chi connectivity index (χ3v) is 4.54. The second kappa shape index (κ2) is 8.79. The monoisotopic (exact) mass is 460 g/mol. The second-order valence-corrected chi connectivity index (χ2v) is 7.34. The smallest absolute Gasteiger partial charge is 0.419 e. The van der Waals surface area contributed by atoms with E-state index in [0.29, 0.717) is 10.9 Å². The molecule has 1 unspecified atom stereocenters. The first-order valence-electron chi connectivity index (χ1n) is 8.82. The van der Waals surface area contributed by atoms with Crippen molar-refractivity contribution >= 4 is 39.9 Å². The average Bonchev–Trinajstić information content (AvgIpc) is 2.65. The summed E-state index contributed by atoms with van der Waals surface area (Å²) >= 11 is 11.9. The quantitative estimate of drug-likeness (QED) is 0.384. The Bertz CT molecular complexity index is 1060. The van der Waals surface area contributed by atoms with Gasteiger partial charge in [0.2, 0.25) is 5.28 Å². The number of aliphatic hydroxyl groups excluding tert-OH is 1. The number of aliphatic hydroxyl groups is 1. The fourth-order valence-electron chi connectivity index (χ4n) is 2.86. The summed E-state index contributed by atoms with van der Waals surface area (Å²) in [5, 5.41) is 13.2. The molecule has 30 heavy (non-hydrogen) atoms. The number of para-hydroxylation sites is 1. The van der Waals surface area contributed by atoms with Crippen LogP contribution in [0.5, 0.6) is 5.75 Å². The first-order valence-corrected chi connectivity index (χ1v) is 9.58. The highest BCUT2D eigenvalue weighted by atomic mass is 35.5. The summed E-state index contributed by atoms with van der Waals surface area (Å²) in [5.74, 6) is -0.0873. The zero-order valence-electron chi connectivity index (χ0n) is 15.8. The number of halogens is 5. The number of fused-ring (bicyclic) bond motifs is 1. The Morgan fingerprint density at radius 3 is 2.60 bits per heavy atom. The van der Waals surface area contributed by atoms with Gasteiger partial charge in [0, 0.05) is 10.9 Å². The zero-order valence-corrected chi connectivity index (χ0v) is 17.3. The van der Waals surface area contributed by atoms with Crippen LogP contribution in [0.2, 0.25) is 10.4 Å². The van der Waals surface area contributed by atoms with E-state index in [1.54, 1.807) is 6.92 Å². The lowest BCUT2D eigenvalue weighted by molar-refractivity contribution is -0.139. The van der Waals surface area contributed by atoms with Gasteiger partial charge < -0.3 is 15.2 Å². The molecule has 160 valence electrons. The third-order valence-electron chi connectivity index (χ3n) is 4.16. The first kappa shape index (κ1) is 22.3. The fraction of sp³-hybridized carbons (Fsp3) is 0.316. The van der Waals surface area contributed by atoms with Gasteiger partial charge in [0.25, 0.3) is 0 Å². The van der Waals surface area contributed by atoms with Crippen LogP contribution in [-0.4, -0.2) is 32.8 Å². The largest absolute Gasteiger partial charge is 0.490 e. The molecule has 0 radical (unpaired) electrons. The lowest BCUT2D eigenvalue weighted by atomic mass is 10.0. The van der Waals surface area contributed by atoms with Crippen molar-refractivity contribution in [3.63, 3.8) is 0 Å². The summed E-state index contributed by atoms with van der Waals surface area (Å²) in [6, 6.07) is 4.58. The van der Waals surface area contributed by atoms with Gasteiger partial charge in [0.1, 0.15) is 23.3 Å². The topological polar surface area (TPSA) is 80.2 Å². The summed E-state index contributed by atoms with van der Waals surface area (Å²) in [6.07, 6.45) is -4.15. The molecule has 3 rings (SSSR count). The molecule has 0 saturated heterocycles. The highest BCUT2D eigenvalue weighted by molar-refractivity contribution is 6.30. The fourth-order valence-corrected chi connectivity index (χ4v) is 3.19. The highest BCUT2D eigenvalue weighted by Crippen LogP contribution is 2.41. The second-order valence-electron chi connectivity index (χ2n) is 6.61. The Labute approximate surface area is 180 Å². The molecule has 6 nitrogen and oxygen atoms in total.